The maximum Gasteiger partial charge on any atom is 0.252 e. The van der Waals surface area contributed by atoms with Crippen molar-refractivity contribution >= 4 is 23.9 Å². The molecule has 2 aromatic rings. The molecule has 0 aliphatic rings. The highest BCUT2D eigenvalue weighted by Gasteiger charge is 2.12. The van der Waals surface area contributed by atoms with Gasteiger partial charge in [-0.25, -0.2) is 5.43 Å². The highest BCUT2D eigenvalue weighted by molar-refractivity contribution is 7.99. The number of phenolic OH excluding ortho intramolecular Hbond substituents is 2. The summed E-state index contributed by atoms with van der Waals surface area (Å²) in [6.45, 7) is 1.82. The van der Waals surface area contributed by atoms with Gasteiger partial charge in [0.15, 0.2) is 11.5 Å². The molecule has 0 heterocycles. The molecule has 1 atom stereocenters. The fourth-order valence-electron chi connectivity index (χ4n) is 1.75. The van der Waals surface area contributed by atoms with Gasteiger partial charge < -0.3 is 10.2 Å². The van der Waals surface area contributed by atoms with E-state index in [9.17, 15) is 15.0 Å². The highest BCUT2D eigenvalue weighted by Crippen LogP contribution is 2.24. The van der Waals surface area contributed by atoms with Crippen molar-refractivity contribution in [2.45, 2.75) is 17.9 Å². The maximum atomic E-state index is 11.9. The van der Waals surface area contributed by atoms with Gasteiger partial charge in [-0.15, -0.1) is 11.8 Å². The van der Waals surface area contributed by atoms with Gasteiger partial charge in [0.2, 0.25) is 0 Å². The van der Waals surface area contributed by atoms with Crippen LogP contribution in [-0.4, -0.2) is 27.6 Å². The SMILES string of the molecule is C[C@H](SCc1ccccc1)C(=O)N/N=C\c1ccc(O)c(O)c1. The number of amides is 1. The molecule has 120 valence electrons. The van der Waals surface area contributed by atoms with Crippen LogP contribution in [0.3, 0.4) is 0 Å². The number of carbonyl (C=O) groups excluding carboxylic acids is 1. The van der Waals surface area contributed by atoms with E-state index in [4.69, 9.17) is 0 Å². The zero-order valence-electron chi connectivity index (χ0n) is 12.6. The molecule has 2 aromatic carbocycles. The van der Waals surface area contributed by atoms with E-state index in [1.54, 1.807) is 6.07 Å². The minimum Gasteiger partial charge on any atom is -0.504 e. The third kappa shape index (κ3) is 5.34. The first-order valence-electron chi connectivity index (χ1n) is 7.06. The number of rotatable bonds is 6. The van der Waals surface area contributed by atoms with Crippen LogP contribution in [0.15, 0.2) is 53.6 Å². The Morgan fingerprint density at radius 3 is 2.65 bits per heavy atom. The molecule has 0 radical (unpaired) electrons. The van der Waals surface area contributed by atoms with E-state index in [1.165, 1.54) is 35.7 Å². The van der Waals surface area contributed by atoms with Crippen molar-refractivity contribution in [1.29, 1.82) is 0 Å². The van der Waals surface area contributed by atoms with E-state index in [2.05, 4.69) is 10.5 Å². The van der Waals surface area contributed by atoms with E-state index >= 15 is 0 Å². The first kappa shape index (κ1) is 16.9. The molecule has 0 bridgehead atoms. The van der Waals surface area contributed by atoms with Gasteiger partial charge in [-0.05, 0) is 36.2 Å². The molecule has 2 rings (SSSR count). The van der Waals surface area contributed by atoms with Crippen LogP contribution in [0.2, 0.25) is 0 Å². The van der Waals surface area contributed by atoms with Crippen LogP contribution in [-0.2, 0) is 10.5 Å². The van der Waals surface area contributed by atoms with Crippen LogP contribution in [0.5, 0.6) is 11.5 Å². The molecule has 23 heavy (non-hydrogen) atoms. The topological polar surface area (TPSA) is 81.9 Å². The lowest BCUT2D eigenvalue weighted by Crippen LogP contribution is -2.26. The summed E-state index contributed by atoms with van der Waals surface area (Å²) in [6, 6.07) is 14.2. The first-order chi connectivity index (χ1) is 11.1. The number of hydrazone groups is 1. The second-order valence-corrected chi connectivity index (χ2v) is 6.25. The van der Waals surface area contributed by atoms with Crippen LogP contribution >= 0.6 is 11.8 Å². The fraction of sp³-hybridized carbons (Fsp3) is 0.176. The monoisotopic (exact) mass is 330 g/mol. The average Bonchev–Trinajstić information content (AvgIpc) is 2.56. The Hall–Kier alpha value is -2.47. The molecule has 0 aromatic heterocycles. The van der Waals surface area contributed by atoms with Gasteiger partial charge in [-0.3, -0.25) is 4.79 Å². The molecule has 0 aliphatic carbocycles. The lowest BCUT2D eigenvalue weighted by atomic mass is 10.2. The predicted molar refractivity (Wildman–Crippen MR) is 92.7 cm³/mol. The summed E-state index contributed by atoms with van der Waals surface area (Å²) in [4.78, 5) is 11.9. The second kappa shape index (κ2) is 8.24. The van der Waals surface area contributed by atoms with Crippen LogP contribution in [0.4, 0.5) is 0 Å². The van der Waals surface area contributed by atoms with E-state index in [0.29, 0.717) is 5.56 Å². The van der Waals surface area contributed by atoms with E-state index in [-0.39, 0.29) is 22.7 Å². The smallest absolute Gasteiger partial charge is 0.252 e. The van der Waals surface area contributed by atoms with Crippen molar-refractivity contribution in [2.75, 3.05) is 0 Å². The average molecular weight is 330 g/mol. The van der Waals surface area contributed by atoms with Crippen molar-refractivity contribution in [3.63, 3.8) is 0 Å². The molecule has 0 saturated heterocycles. The van der Waals surface area contributed by atoms with Gasteiger partial charge in [0, 0.05) is 5.75 Å². The normalized spacial score (nSPS) is 12.2. The van der Waals surface area contributed by atoms with Gasteiger partial charge in [0.05, 0.1) is 11.5 Å². The number of carbonyl (C=O) groups is 1. The van der Waals surface area contributed by atoms with Gasteiger partial charge in [0.25, 0.3) is 5.91 Å². The lowest BCUT2D eigenvalue weighted by molar-refractivity contribution is -0.120. The standard InChI is InChI=1S/C17H18N2O3S/c1-12(23-11-13-5-3-2-4-6-13)17(22)19-18-10-14-7-8-15(20)16(21)9-14/h2-10,12,20-21H,11H2,1H3,(H,19,22)/b18-10-/t12-/m0/s1. The van der Waals surface area contributed by atoms with Crippen molar-refractivity contribution in [3.8, 4) is 11.5 Å². The highest BCUT2D eigenvalue weighted by atomic mass is 32.2. The number of aromatic hydroxyl groups is 2. The number of phenols is 2. The number of thioether (sulfide) groups is 1. The molecular formula is C17H18N2O3S. The van der Waals surface area contributed by atoms with Crippen molar-refractivity contribution in [2.24, 2.45) is 5.10 Å². The van der Waals surface area contributed by atoms with Crippen molar-refractivity contribution in [1.82, 2.24) is 5.43 Å². The fourth-order valence-corrected chi connectivity index (χ4v) is 2.59. The van der Waals surface area contributed by atoms with Gasteiger partial charge in [-0.2, -0.15) is 5.10 Å². The number of benzene rings is 2. The molecular weight excluding hydrogens is 312 g/mol. The van der Waals surface area contributed by atoms with Crippen molar-refractivity contribution < 1.29 is 15.0 Å². The Morgan fingerprint density at radius 1 is 1.22 bits per heavy atom. The molecule has 5 nitrogen and oxygen atoms in total. The molecule has 0 fully saturated rings. The second-order valence-electron chi connectivity index (χ2n) is 4.92. The van der Waals surface area contributed by atoms with E-state index in [0.717, 1.165) is 5.75 Å². The van der Waals surface area contributed by atoms with Crippen LogP contribution in [0.1, 0.15) is 18.1 Å². The third-order valence-corrected chi connectivity index (χ3v) is 4.31. The summed E-state index contributed by atoms with van der Waals surface area (Å²) in [6.07, 6.45) is 1.41. The number of hydrogen-bond acceptors (Lipinski definition) is 5. The molecule has 6 heteroatoms. The zero-order valence-corrected chi connectivity index (χ0v) is 13.5. The first-order valence-corrected chi connectivity index (χ1v) is 8.11. The quantitative estimate of drug-likeness (QED) is 0.432. The summed E-state index contributed by atoms with van der Waals surface area (Å²) in [5, 5.41) is 22.2. The van der Waals surface area contributed by atoms with Crippen LogP contribution < -0.4 is 5.43 Å². The number of nitrogens with zero attached hydrogens (tertiary/aromatic N) is 1. The molecule has 0 spiro atoms. The Labute approximate surface area is 139 Å². The summed E-state index contributed by atoms with van der Waals surface area (Å²) >= 11 is 1.53. The predicted octanol–water partition coefficient (Wildman–Crippen LogP) is 2.87. The minimum absolute atomic E-state index is 0.190. The third-order valence-electron chi connectivity index (χ3n) is 3.10. The number of nitrogens with one attached hydrogen (secondary N) is 1. The van der Waals surface area contributed by atoms with Gasteiger partial charge in [0.1, 0.15) is 0 Å². The largest absolute Gasteiger partial charge is 0.504 e. The molecule has 3 N–H and O–H groups in total. The zero-order chi connectivity index (χ0) is 16.7. The maximum absolute atomic E-state index is 11.9. The summed E-state index contributed by atoms with van der Waals surface area (Å²) in [5.41, 5.74) is 4.21. The Kier molecular flexibility index (Phi) is 6.05. The summed E-state index contributed by atoms with van der Waals surface area (Å²) < 4.78 is 0. The molecule has 0 saturated carbocycles. The van der Waals surface area contributed by atoms with Gasteiger partial charge in [-0.1, -0.05) is 30.3 Å². The summed E-state index contributed by atoms with van der Waals surface area (Å²) in [7, 11) is 0. The number of hydrogen-bond donors (Lipinski definition) is 3. The van der Waals surface area contributed by atoms with Gasteiger partial charge >= 0.3 is 0 Å². The van der Waals surface area contributed by atoms with E-state index in [1.807, 2.05) is 37.3 Å². The van der Waals surface area contributed by atoms with E-state index < -0.39 is 0 Å². The Bertz CT molecular complexity index is 689. The molecule has 0 unspecified atom stereocenters. The Morgan fingerprint density at radius 2 is 1.96 bits per heavy atom. The van der Waals surface area contributed by atoms with Crippen LogP contribution in [0.25, 0.3) is 0 Å². The lowest BCUT2D eigenvalue weighted by Gasteiger charge is -2.09. The molecule has 0 aliphatic heterocycles. The minimum atomic E-state index is -0.236. The van der Waals surface area contributed by atoms with Crippen molar-refractivity contribution in [3.05, 3.63) is 59.7 Å². The van der Waals surface area contributed by atoms with Crippen LogP contribution in [0, 0.1) is 0 Å². The molecule has 1 amide bonds. The summed E-state index contributed by atoms with van der Waals surface area (Å²) in [5.74, 6) is 0.139. The Balaban J connectivity index is 1.81.